The Morgan fingerprint density at radius 1 is 1.06 bits per heavy atom. The van der Waals surface area contributed by atoms with Crippen molar-refractivity contribution < 1.29 is 14.3 Å². The highest BCUT2D eigenvalue weighted by molar-refractivity contribution is 5.98. The molecule has 2 heterocycles. The Morgan fingerprint density at radius 2 is 1.87 bits per heavy atom. The van der Waals surface area contributed by atoms with Crippen LogP contribution in [-0.2, 0) is 11.2 Å². The lowest BCUT2D eigenvalue weighted by Crippen LogP contribution is -2.58. The molecular formula is C25H25N3O3. The van der Waals surface area contributed by atoms with Crippen molar-refractivity contribution in [2.45, 2.75) is 12.5 Å². The van der Waals surface area contributed by atoms with Gasteiger partial charge in [0.05, 0.1) is 7.11 Å². The molecule has 4 rings (SSSR count). The van der Waals surface area contributed by atoms with E-state index in [9.17, 15) is 9.59 Å². The molecule has 2 amide bonds. The number of benzene rings is 2. The molecule has 2 aromatic carbocycles. The zero-order valence-corrected chi connectivity index (χ0v) is 17.7. The summed E-state index contributed by atoms with van der Waals surface area (Å²) < 4.78 is 5.26. The molecule has 158 valence electrons. The summed E-state index contributed by atoms with van der Waals surface area (Å²) in [6.07, 6.45) is 4.01. The number of carbonyl (C=O) groups excluding carboxylic acids is 2. The Kier molecular flexibility index (Phi) is 5.98. The molecule has 0 radical (unpaired) electrons. The third-order valence-electron chi connectivity index (χ3n) is 5.64. The average Bonchev–Trinajstić information content (AvgIpc) is 2.82. The molecule has 1 saturated heterocycles. The Hall–Kier alpha value is -3.67. The first-order valence-electron chi connectivity index (χ1n) is 10.3. The van der Waals surface area contributed by atoms with Crippen LogP contribution in [-0.4, -0.2) is 59.9 Å². The summed E-state index contributed by atoms with van der Waals surface area (Å²) in [6.45, 7) is 1.01. The quantitative estimate of drug-likeness (QED) is 0.642. The Labute approximate surface area is 182 Å². The lowest BCUT2D eigenvalue weighted by Gasteiger charge is -2.39. The molecule has 0 bridgehead atoms. The van der Waals surface area contributed by atoms with E-state index in [2.05, 4.69) is 11.1 Å². The van der Waals surface area contributed by atoms with Gasteiger partial charge in [0, 0.05) is 44.5 Å². The third kappa shape index (κ3) is 4.43. The van der Waals surface area contributed by atoms with Crippen molar-refractivity contribution >= 4 is 11.8 Å². The highest BCUT2D eigenvalue weighted by Crippen LogP contribution is 2.24. The molecule has 1 atom stereocenters. The van der Waals surface area contributed by atoms with Gasteiger partial charge in [-0.15, -0.1) is 0 Å². The van der Waals surface area contributed by atoms with Crippen molar-refractivity contribution in [1.29, 1.82) is 0 Å². The average molecular weight is 415 g/mol. The van der Waals surface area contributed by atoms with E-state index in [-0.39, 0.29) is 11.8 Å². The van der Waals surface area contributed by atoms with Crippen LogP contribution in [0.4, 0.5) is 0 Å². The maximum Gasteiger partial charge on any atom is 0.254 e. The van der Waals surface area contributed by atoms with Crippen molar-refractivity contribution in [1.82, 2.24) is 14.8 Å². The first-order chi connectivity index (χ1) is 15.1. The van der Waals surface area contributed by atoms with Crippen molar-refractivity contribution in [3.05, 3.63) is 84.2 Å². The van der Waals surface area contributed by atoms with Gasteiger partial charge in [-0.3, -0.25) is 14.6 Å². The van der Waals surface area contributed by atoms with E-state index in [1.807, 2.05) is 36.5 Å². The molecule has 0 spiro atoms. The standard InChI is InChI=1S/C25H25N3O3/c1-27-12-13-28(24(29)20-8-4-10-22(16-20)31-2)23(25(27)30)15-18-6-3-7-19(14-18)21-9-5-11-26-17-21/h3-11,14,16-17,23H,12-13,15H2,1-2H3/t23-/m0/s1. The molecule has 0 saturated carbocycles. The maximum absolute atomic E-state index is 13.3. The van der Waals surface area contributed by atoms with Crippen molar-refractivity contribution in [2.75, 3.05) is 27.2 Å². The van der Waals surface area contributed by atoms with Crippen LogP contribution in [0.3, 0.4) is 0 Å². The predicted octanol–water partition coefficient (Wildman–Crippen LogP) is 3.28. The van der Waals surface area contributed by atoms with Gasteiger partial charge in [-0.2, -0.15) is 0 Å². The second-order valence-corrected chi connectivity index (χ2v) is 7.65. The SMILES string of the molecule is COc1cccc(C(=O)N2CCN(C)C(=O)[C@@H]2Cc2cccc(-c3cccnc3)c2)c1. The number of piperazine rings is 1. The number of hydrogen-bond acceptors (Lipinski definition) is 4. The summed E-state index contributed by atoms with van der Waals surface area (Å²) in [4.78, 5) is 33.9. The zero-order valence-electron chi connectivity index (χ0n) is 17.7. The van der Waals surface area contributed by atoms with Crippen molar-refractivity contribution in [2.24, 2.45) is 0 Å². The normalized spacial score (nSPS) is 16.3. The second-order valence-electron chi connectivity index (χ2n) is 7.65. The van der Waals surface area contributed by atoms with Crippen molar-refractivity contribution in [3.8, 4) is 16.9 Å². The molecule has 1 aliphatic heterocycles. The molecule has 1 fully saturated rings. The second kappa shape index (κ2) is 9.00. The summed E-state index contributed by atoms with van der Waals surface area (Å²) in [7, 11) is 3.36. The molecular weight excluding hydrogens is 390 g/mol. The van der Waals surface area contributed by atoms with E-state index in [1.54, 1.807) is 54.4 Å². The van der Waals surface area contributed by atoms with Crippen LogP contribution in [0.2, 0.25) is 0 Å². The summed E-state index contributed by atoms with van der Waals surface area (Å²) in [6, 6.07) is 18.5. The molecule has 0 unspecified atom stereocenters. The van der Waals surface area contributed by atoms with E-state index in [4.69, 9.17) is 4.74 Å². The Morgan fingerprint density at radius 3 is 2.65 bits per heavy atom. The highest BCUT2D eigenvalue weighted by atomic mass is 16.5. The number of likely N-dealkylation sites (N-methyl/N-ethyl adjacent to an activating group) is 1. The van der Waals surface area contributed by atoms with E-state index in [0.29, 0.717) is 30.8 Å². The number of rotatable bonds is 5. The van der Waals surface area contributed by atoms with Crippen LogP contribution < -0.4 is 4.74 Å². The molecule has 31 heavy (non-hydrogen) atoms. The van der Waals surface area contributed by atoms with Gasteiger partial charge in [-0.1, -0.05) is 36.4 Å². The van der Waals surface area contributed by atoms with Crippen LogP contribution in [0.25, 0.3) is 11.1 Å². The highest BCUT2D eigenvalue weighted by Gasteiger charge is 2.36. The fraction of sp³-hybridized carbons (Fsp3) is 0.240. The van der Waals surface area contributed by atoms with E-state index >= 15 is 0 Å². The first kappa shape index (κ1) is 20.6. The molecule has 1 aliphatic rings. The summed E-state index contributed by atoms with van der Waals surface area (Å²) in [5, 5.41) is 0. The smallest absolute Gasteiger partial charge is 0.254 e. The van der Waals surface area contributed by atoms with Crippen LogP contribution in [0.15, 0.2) is 73.1 Å². The van der Waals surface area contributed by atoms with Gasteiger partial charge in [-0.25, -0.2) is 0 Å². The number of carbonyl (C=O) groups is 2. The number of ether oxygens (including phenoxy) is 1. The fourth-order valence-corrected chi connectivity index (χ4v) is 3.91. The van der Waals surface area contributed by atoms with Gasteiger partial charge in [0.2, 0.25) is 5.91 Å². The number of pyridine rings is 1. The molecule has 1 aromatic heterocycles. The van der Waals surface area contributed by atoms with Crippen LogP contribution >= 0.6 is 0 Å². The van der Waals surface area contributed by atoms with E-state index in [1.165, 1.54) is 0 Å². The Bertz CT molecular complexity index is 1080. The molecule has 0 N–H and O–H groups in total. The van der Waals surface area contributed by atoms with Crippen LogP contribution in [0.5, 0.6) is 5.75 Å². The van der Waals surface area contributed by atoms with Gasteiger partial charge in [0.15, 0.2) is 0 Å². The van der Waals surface area contributed by atoms with E-state index in [0.717, 1.165) is 16.7 Å². The number of amides is 2. The van der Waals surface area contributed by atoms with Crippen LogP contribution in [0.1, 0.15) is 15.9 Å². The van der Waals surface area contributed by atoms with Gasteiger partial charge in [0.1, 0.15) is 11.8 Å². The predicted molar refractivity (Wildman–Crippen MR) is 119 cm³/mol. The molecule has 0 aliphatic carbocycles. The number of methoxy groups -OCH3 is 1. The van der Waals surface area contributed by atoms with Gasteiger partial charge < -0.3 is 14.5 Å². The van der Waals surface area contributed by atoms with Gasteiger partial charge in [-0.05, 0) is 41.0 Å². The van der Waals surface area contributed by atoms with Gasteiger partial charge >= 0.3 is 0 Å². The summed E-state index contributed by atoms with van der Waals surface area (Å²) >= 11 is 0. The number of hydrogen-bond donors (Lipinski definition) is 0. The van der Waals surface area contributed by atoms with E-state index < -0.39 is 6.04 Å². The number of nitrogens with zero attached hydrogens (tertiary/aromatic N) is 3. The third-order valence-corrected chi connectivity index (χ3v) is 5.64. The topological polar surface area (TPSA) is 62.7 Å². The maximum atomic E-state index is 13.3. The minimum Gasteiger partial charge on any atom is -0.497 e. The summed E-state index contributed by atoms with van der Waals surface area (Å²) in [5.41, 5.74) is 3.57. The zero-order chi connectivity index (χ0) is 21.8. The monoisotopic (exact) mass is 415 g/mol. The minimum atomic E-state index is -0.554. The fourth-order valence-electron chi connectivity index (χ4n) is 3.91. The van der Waals surface area contributed by atoms with Crippen LogP contribution in [0, 0.1) is 0 Å². The van der Waals surface area contributed by atoms with Gasteiger partial charge in [0.25, 0.3) is 5.91 Å². The van der Waals surface area contributed by atoms with Crippen molar-refractivity contribution in [3.63, 3.8) is 0 Å². The lowest BCUT2D eigenvalue weighted by atomic mass is 9.97. The first-order valence-corrected chi connectivity index (χ1v) is 10.3. The lowest BCUT2D eigenvalue weighted by molar-refractivity contribution is -0.138. The molecule has 3 aromatic rings. The number of aromatic nitrogens is 1. The Balaban J connectivity index is 1.62. The largest absolute Gasteiger partial charge is 0.497 e. The molecule has 6 heteroatoms. The summed E-state index contributed by atoms with van der Waals surface area (Å²) in [5.74, 6) is 0.412. The minimum absolute atomic E-state index is 0.0470. The molecule has 6 nitrogen and oxygen atoms in total.